The standard InChI is InChI=1S/C14H19ClN2O3S/c1-9(8-21(4)18)17-11-6-13(20-3)12(19-2)5-10(11)16-14(17)7-15/h5-6,9H,7-8H2,1-4H3. The molecule has 1 heterocycles. The molecule has 2 rings (SSSR count). The molecule has 0 N–H and O–H groups in total. The molecule has 0 saturated carbocycles. The van der Waals surface area contributed by atoms with E-state index >= 15 is 0 Å². The summed E-state index contributed by atoms with van der Waals surface area (Å²) in [5.41, 5.74) is 1.69. The van der Waals surface area contributed by atoms with Crippen LogP contribution in [0.5, 0.6) is 11.5 Å². The van der Waals surface area contributed by atoms with Gasteiger partial charge in [-0.15, -0.1) is 11.6 Å². The highest BCUT2D eigenvalue weighted by atomic mass is 35.5. The molecule has 0 aliphatic heterocycles. The van der Waals surface area contributed by atoms with Crippen molar-refractivity contribution in [3.05, 3.63) is 18.0 Å². The summed E-state index contributed by atoms with van der Waals surface area (Å²) < 4.78 is 24.2. The lowest BCUT2D eigenvalue weighted by molar-refractivity contribution is 0.355. The molecule has 5 nitrogen and oxygen atoms in total. The van der Waals surface area contributed by atoms with Gasteiger partial charge in [0.1, 0.15) is 5.82 Å². The molecule has 7 heteroatoms. The van der Waals surface area contributed by atoms with Crippen LogP contribution in [0.15, 0.2) is 12.1 Å². The zero-order valence-corrected chi connectivity index (χ0v) is 14.1. The zero-order valence-electron chi connectivity index (χ0n) is 12.6. The van der Waals surface area contributed by atoms with Crippen LogP contribution in [-0.2, 0) is 16.7 Å². The Labute approximate surface area is 131 Å². The number of nitrogens with zero attached hydrogens (tertiary/aromatic N) is 2. The Kier molecular flexibility index (Phi) is 5.11. The van der Waals surface area contributed by atoms with Crippen molar-refractivity contribution in [2.45, 2.75) is 18.8 Å². The maximum absolute atomic E-state index is 11.5. The number of benzene rings is 1. The number of ether oxygens (including phenoxy) is 2. The summed E-state index contributed by atoms with van der Waals surface area (Å²) in [6.45, 7) is 2.01. The first-order valence-electron chi connectivity index (χ1n) is 6.50. The van der Waals surface area contributed by atoms with Crippen LogP contribution in [0.25, 0.3) is 11.0 Å². The molecule has 0 amide bonds. The Bertz CT molecular complexity index is 672. The van der Waals surface area contributed by atoms with Crippen LogP contribution in [0.3, 0.4) is 0 Å². The number of halogens is 1. The van der Waals surface area contributed by atoms with Crippen molar-refractivity contribution in [2.75, 3.05) is 26.2 Å². The maximum atomic E-state index is 11.5. The molecule has 1 aromatic heterocycles. The van der Waals surface area contributed by atoms with Crippen LogP contribution in [-0.4, -0.2) is 40.0 Å². The fourth-order valence-electron chi connectivity index (χ4n) is 2.47. The van der Waals surface area contributed by atoms with Crippen LogP contribution in [0, 0.1) is 0 Å². The fraction of sp³-hybridized carbons (Fsp3) is 0.500. The summed E-state index contributed by atoms with van der Waals surface area (Å²) in [5.74, 6) is 2.85. The van der Waals surface area contributed by atoms with Gasteiger partial charge >= 0.3 is 0 Å². The average Bonchev–Trinajstić information content (AvgIpc) is 2.82. The first kappa shape index (κ1) is 16.1. The number of alkyl halides is 1. The van der Waals surface area contributed by atoms with Gasteiger partial charge in [-0.3, -0.25) is 4.21 Å². The number of methoxy groups -OCH3 is 2. The topological polar surface area (TPSA) is 53.4 Å². The first-order chi connectivity index (χ1) is 10.0. The molecule has 0 spiro atoms. The lowest BCUT2D eigenvalue weighted by Gasteiger charge is -2.16. The Morgan fingerprint density at radius 2 is 1.95 bits per heavy atom. The second-order valence-corrected chi connectivity index (χ2v) is 6.56. The SMILES string of the molecule is COc1cc2nc(CCl)n(C(C)CS(C)=O)c2cc1OC. The minimum atomic E-state index is -0.894. The van der Waals surface area contributed by atoms with Crippen LogP contribution < -0.4 is 9.47 Å². The van der Waals surface area contributed by atoms with E-state index in [4.69, 9.17) is 21.1 Å². The molecule has 0 saturated heterocycles. The van der Waals surface area contributed by atoms with Crippen molar-refractivity contribution >= 4 is 33.4 Å². The summed E-state index contributed by atoms with van der Waals surface area (Å²) in [5, 5.41) is 0. The van der Waals surface area contributed by atoms with Crippen LogP contribution in [0.1, 0.15) is 18.8 Å². The first-order valence-corrected chi connectivity index (χ1v) is 8.76. The Morgan fingerprint density at radius 1 is 1.33 bits per heavy atom. The zero-order chi connectivity index (χ0) is 15.6. The molecule has 0 bridgehead atoms. The van der Waals surface area contributed by atoms with Gasteiger partial charge in [0, 0.05) is 41.0 Å². The van der Waals surface area contributed by atoms with E-state index < -0.39 is 10.8 Å². The average molecular weight is 331 g/mol. The van der Waals surface area contributed by atoms with Crippen molar-refractivity contribution in [2.24, 2.45) is 0 Å². The quantitative estimate of drug-likeness (QED) is 0.764. The summed E-state index contributed by atoms with van der Waals surface area (Å²) in [6.07, 6.45) is 1.69. The van der Waals surface area contributed by atoms with Gasteiger partial charge in [-0.1, -0.05) is 0 Å². The van der Waals surface area contributed by atoms with Gasteiger partial charge in [-0.05, 0) is 6.92 Å². The van der Waals surface area contributed by atoms with Gasteiger partial charge in [0.2, 0.25) is 0 Å². The van der Waals surface area contributed by atoms with Crippen LogP contribution >= 0.6 is 11.6 Å². The van der Waals surface area contributed by atoms with E-state index in [9.17, 15) is 4.21 Å². The maximum Gasteiger partial charge on any atom is 0.163 e. The van der Waals surface area contributed by atoms with E-state index in [2.05, 4.69) is 4.98 Å². The molecule has 0 aliphatic carbocycles. The number of aromatic nitrogens is 2. The molecule has 2 aromatic rings. The van der Waals surface area contributed by atoms with Gasteiger partial charge < -0.3 is 14.0 Å². The summed E-state index contributed by atoms with van der Waals surface area (Å²) in [4.78, 5) is 4.54. The number of hydrogen-bond donors (Lipinski definition) is 0. The van der Waals surface area contributed by atoms with E-state index in [1.807, 2.05) is 23.6 Å². The van der Waals surface area contributed by atoms with Gasteiger partial charge in [0.25, 0.3) is 0 Å². The van der Waals surface area contributed by atoms with Crippen molar-refractivity contribution < 1.29 is 13.7 Å². The normalized spacial score (nSPS) is 14.1. The minimum absolute atomic E-state index is 0.0349. The Hall–Kier alpha value is -1.27. The number of rotatable bonds is 6. The number of hydrogen-bond acceptors (Lipinski definition) is 4. The molecule has 116 valence electrons. The van der Waals surface area contributed by atoms with Gasteiger partial charge in [0.05, 0.1) is 31.1 Å². The molecular formula is C14H19ClN2O3S. The third-order valence-corrected chi connectivity index (χ3v) is 4.49. The molecule has 0 aliphatic rings. The molecule has 2 atom stereocenters. The fourth-order valence-corrected chi connectivity index (χ4v) is 3.49. The highest BCUT2D eigenvalue weighted by molar-refractivity contribution is 7.84. The van der Waals surface area contributed by atoms with Crippen LogP contribution in [0.2, 0.25) is 0 Å². The third kappa shape index (κ3) is 3.16. The third-order valence-electron chi connectivity index (χ3n) is 3.30. The van der Waals surface area contributed by atoms with Crippen molar-refractivity contribution in [1.82, 2.24) is 9.55 Å². The van der Waals surface area contributed by atoms with Crippen molar-refractivity contribution in [1.29, 1.82) is 0 Å². The number of imidazole rings is 1. The smallest absolute Gasteiger partial charge is 0.163 e. The lowest BCUT2D eigenvalue weighted by atomic mass is 10.2. The van der Waals surface area contributed by atoms with Crippen molar-refractivity contribution in [3.63, 3.8) is 0 Å². The second kappa shape index (κ2) is 6.66. The molecule has 0 fully saturated rings. The highest BCUT2D eigenvalue weighted by Gasteiger charge is 2.19. The van der Waals surface area contributed by atoms with E-state index in [-0.39, 0.29) is 6.04 Å². The highest BCUT2D eigenvalue weighted by Crippen LogP contribution is 2.34. The summed E-state index contributed by atoms with van der Waals surface area (Å²) in [7, 11) is 2.29. The van der Waals surface area contributed by atoms with E-state index in [1.54, 1.807) is 20.5 Å². The minimum Gasteiger partial charge on any atom is -0.493 e. The monoisotopic (exact) mass is 330 g/mol. The molecule has 1 aromatic carbocycles. The Balaban J connectivity index is 2.64. The summed E-state index contributed by atoms with van der Waals surface area (Å²) in [6, 6.07) is 3.75. The summed E-state index contributed by atoms with van der Waals surface area (Å²) >= 11 is 6.01. The molecular weight excluding hydrogens is 312 g/mol. The van der Waals surface area contributed by atoms with Gasteiger partial charge in [-0.25, -0.2) is 4.98 Å². The van der Waals surface area contributed by atoms with E-state index in [1.165, 1.54) is 0 Å². The van der Waals surface area contributed by atoms with E-state index in [0.29, 0.717) is 23.1 Å². The van der Waals surface area contributed by atoms with Gasteiger partial charge in [0.15, 0.2) is 11.5 Å². The predicted octanol–water partition coefficient (Wildman–Crippen LogP) is 2.73. The second-order valence-electron chi connectivity index (χ2n) is 4.82. The van der Waals surface area contributed by atoms with Crippen LogP contribution in [0.4, 0.5) is 0 Å². The predicted molar refractivity (Wildman–Crippen MR) is 86.0 cm³/mol. The van der Waals surface area contributed by atoms with Gasteiger partial charge in [-0.2, -0.15) is 0 Å². The molecule has 2 unspecified atom stereocenters. The lowest BCUT2D eigenvalue weighted by Crippen LogP contribution is -2.15. The Morgan fingerprint density at radius 3 is 2.48 bits per heavy atom. The number of fused-ring (bicyclic) bond motifs is 1. The largest absolute Gasteiger partial charge is 0.493 e. The van der Waals surface area contributed by atoms with Crippen molar-refractivity contribution in [3.8, 4) is 11.5 Å². The van der Waals surface area contributed by atoms with E-state index in [0.717, 1.165) is 16.9 Å². The molecule has 21 heavy (non-hydrogen) atoms. The molecule has 0 radical (unpaired) electrons.